The summed E-state index contributed by atoms with van der Waals surface area (Å²) in [5.41, 5.74) is -2.58. The minimum atomic E-state index is -1.19. The summed E-state index contributed by atoms with van der Waals surface area (Å²) in [6.07, 6.45) is 0.481. The molecule has 0 saturated heterocycles. The SMILES string of the molecule is CC(=O)N(O)CCCCn1c(=O)n(CCCCN(O)C(C)=O)c(=O)n(CCCCN(O)C(=O)CCC(=O)O)c1=O. The summed E-state index contributed by atoms with van der Waals surface area (Å²) >= 11 is 0. The van der Waals surface area contributed by atoms with Crippen LogP contribution in [0.25, 0.3) is 0 Å². The molecule has 1 aromatic rings. The molecular formula is C23H38N6O11. The van der Waals surface area contributed by atoms with Gasteiger partial charge in [-0.3, -0.25) is 34.8 Å². The van der Waals surface area contributed by atoms with Gasteiger partial charge in [0.2, 0.25) is 17.7 Å². The lowest BCUT2D eigenvalue weighted by Gasteiger charge is -2.16. The topological polar surface area (TPSA) is 225 Å². The molecule has 40 heavy (non-hydrogen) atoms. The molecule has 0 fully saturated rings. The number of carbonyl (C=O) groups excluding carboxylic acids is 3. The highest BCUT2D eigenvalue weighted by Crippen LogP contribution is 2.01. The van der Waals surface area contributed by atoms with Crippen LogP contribution >= 0.6 is 0 Å². The van der Waals surface area contributed by atoms with E-state index < -0.39 is 47.2 Å². The number of hydrogen-bond donors (Lipinski definition) is 4. The molecule has 17 nitrogen and oxygen atoms in total. The minimum Gasteiger partial charge on any atom is -0.481 e. The average Bonchev–Trinajstić information content (AvgIpc) is 2.89. The Balaban J connectivity index is 3.01. The number of nitrogens with zero attached hydrogens (tertiary/aromatic N) is 6. The van der Waals surface area contributed by atoms with E-state index in [0.29, 0.717) is 15.2 Å². The molecule has 0 bridgehead atoms. The van der Waals surface area contributed by atoms with Crippen molar-refractivity contribution in [2.75, 3.05) is 19.6 Å². The Morgan fingerprint density at radius 3 is 1.20 bits per heavy atom. The van der Waals surface area contributed by atoms with E-state index in [1.165, 1.54) is 13.8 Å². The van der Waals surface area contributed by atoms with Gasteiger partial charge in [-0.15, -0.1) is 0 Å². The predicted octanol–water partition coefficient (Wildman–Crippen LogP) is -0.930. The summed E-state index contributed by atoms with van der Waals surface area (Å²) in [5, 5.41) is 38.8. The molecule has 0 spiro atoms. The first kappa shape index (κ1) is 34.2. The van der Waals surface area contributed by atoms with Crippen molar-refractivity contribution in [3.05, 3.63) is 31.5 Å². The maximum atomic E-state index is 13.0. The van der Waals surface area contributed by atoms with Gasteiger partial charge in [0.1, 0.15) is 0 Å². The second-order valence-electron chi connectivity index (χ2n) is 9.12. The van der Waals surface area contributed by atoms with Crippen molar-refractivity contribution < 1.29 is 39.9 Å². The van der Waals surface area contributed by atoms with E-state index in [-0.39, 0.29) is 84.2 Å². The summed E-state index contributed by atoms with van der Waals surface area (Å²) in [6.45, 7) is 1.81. The molecule has 0 aromatic carbocycles. The Morgan fingerprint density at radius 2 is 0.900 bits per heavy atom. The van der Waals surface area contributed by atoms with E-state index in [0.717, 1.165) is 13.7 Å². The molecule has 1 heterocycles. The van der Waals surface area contributed by atoms with Gasteiger partial charge in [0, 0.05) is 59.5 Å². The first-order valence-electron chi connectivity index (χ1n) is 12.9. The Morgan fingerprint density at radius 1 is 0.575 bits per heavy atom. The van der Waals surface area contributed by atoms with E-state index in [1.807, 2.05) is 0 Å². The number of aromatic nitrogens is 3. The third-order valence-corrected chi connectivity index (χ3v) is 5.96. The molecule has 0 unspecified atom stereocenters. The summed E-state index contributed by atoms with van der Waals surface area (Å²) in [7, 11) is 0. The van der Waals surface area contributed by atoms with Gasteiger partial charge >= 0.3 is 23.0 Å². The fourth-order valence-electron chi connectivity index (χ4n) is 3.63. The van der Waals surface area contributed by atoms with Gasteiger partial charge in [-0.2, -0.15) is 0 Å². The number of carboxylic acid groups (broad SMARTS) is 1. The highest BCUT2D eigenvalue weighted by atomic mass is 16.5. The van der Waals surface area contributed by atoms with Crippen LogP contribution in [-0.2, 0) is 38.8 Å². The average molecular weight is 575 g/mol. The van der Waals surface area contributed by atoms with Crippen molar-refractivity contribution >= 4 is 23.7 Å². The first-order valence-corrected chi connectivity index (χ1v) is 12.9. The van der Waals surface area contributed by atoms with Crippen LogP contribution in [0.3, 0.4) is 0 Å². The number of amides is 3. The lowest BCUT2D eigenvalue weighted by molar-refractivity contribution is -0.166. The third-order valence-electron chi connectivity index (χ3n) is 5.96. The van der Waals surface area contributed by atoms with Gasteiger partial charge < -0.3 is 5.11 Å². The molecular weight excluding hydrogens is 536 g/mol. The standard InChI is InChI=1S/C23H38N6O11/c1-17(30)27(38)14-6-3-11-24-21(35)25(12-4-7-15-28(39)18(2)31)23(37)26(22(24)36)13-5-8-16-29(40)19(32)9-10-20(33)34/h38-40H,3-16H2,1-2H3,(H,33,34). The normalized spacial score (nSPS) is 10.8. The van der Waals surface area contributed by atoms with Crippen molar-refractivity contribution in [1.29, 1.82) is 0 Å². The Hall–Kier alpha value is -3.83. The Bertz CT molecular complexity index is 1140. The zero-order chi connectivity index (χ0) is 30.4. The highest BCUT2D eigenvalue weighted by Gasteiger charge is 2.17. The molecule has 0 radical (unpaired) electrons. The zero-order valence-electron chi connectivity index (χ0n) is 22.7. The van der Waals surface area contributed by atoms with Crippen LogP contribution < -0.4 is 17.1 Å². The number of rotatable bonds is 18. The van der Waals surface area contributed by atoms with Gasteiger partial charge in [0.05, 0.1) is 6.42 Å². The highest BCUT2D eigenvalue weighted by molar-refractivity contribution is 5.79. The monoisotopic (exact) mass is 574 g/mol. The second kappa shape index (κ2) is 17.0. The van der Waals surface area contributed by atoms with Crippen molar-refractivity contribution in [2.45, 2.75) is 84.8 Å². The number of hydroxylamine groups is 6. The van der Waals surface area contributed by atoms with E-state index in [2.05, 4.69) is 0 Å². The largest absolute Gasteiger partial charge is 0.481 e. The smallest absolute Gasteiger partial charge is 0.336 e. The maximum absolute atomic E-state index is 13.0. The molecule has 0 aliphatic carbocycles. The Kier molecular flexibility index (Phi) is 14.5. The fraction of sp³-hybridized carbons (Fsp3) is 0.696. The quantitative estimate of drug-likeness (QED) is 0.0951. The fourth-order valence-corrected chi connectivity index (χ4v) is 3.63. The van der Waals surface area contributed by atoms with Crippen LogP contribution in [0.4, 0.5) is 0 Å². The first-order chi connectivity index (χ1) is 18.8. The van der Waals surface area contributed by atoms with Gasteiger partial charge in [0.15, 0.2) is 0 Å². The lowest BCUT2D eigenvalue weighted by atomic mass is 10.2. The van der Waals surface area contributed by atoms with Gasteiger partial charge in [-0.1, -0.05) is 0 Å². The van der Waals surface area contributed by atoms with Crippen molar-refractivity contribution in [1.82, 2.24) is 28.9 Å². The second-order valence-corrected chi connectivity index (χ2v) is 9.12. The molecule has 1 rings (SSSR count). The molecule has 4 N–H and O–H groups in total. The molecule has 226 valence electrons. The van der Waals surface area contributed by atoms with Gasteiger partial charge in [0.25, 0.3) is 0 Å². The van der Waals surface area contributed by atoms with Crippen molar-refractivity contribution in [2.24, 2.45) is 0 Å². The lowest BCUT2D eigenvalue weighted by Crippen LogP contribution is -2.54. The Labute approximate surface area is 228 Å². The van der Waals surface area contributed by atoms with E-state index >= 15 is 0 Å². The summed E-state index contributed by atoms with van der Waals surface area (Å²) in [4.78, 5) is 83.7. The summed E-state index contributed by atoms with van der Waals surface area (Å²) in [5.74, 6) is -3.10. The minimum absolute atomic E-state index is 0.0193. The van der Waals surface area contributed by atoms with Crippen LogP contribution in [0.2, 0.25) is 0 Å². The van der Waals surface area contributed by atoms with Crippen LogP contribution in [0, 0.1) is 0 Å². The van der Waals surface area contributed by atoms with Crippen LogP contribution in [0.15, 0.2) is 14.4 Å². The van der Waals surface area contributed by atoms with Crippen LogP contribution in [-0.4, -0.2) is 92.9 Å². The zero-order valence-corrected chi connectivity index (χ0v) is 22.7. The summed E-state index contributed by atoms with van der Waals surface area (Å²) < 4.78 is 2.61. The molecule has 0 aliphatic heterocycles. The summed E-state index contributed by atoms with van der Waals surface area (Å²) in [6, 6.07) is 0. The van der Waals surface area contributed by atoms with E-state index in [4.69, 9.17) is 5.11 Å². The molecule has 0 aliphatic rings. The molecule has 0 saturated carbocycles. The number of hydrogen-bond acceptors (Lipinski definition) is 10. The molecule has 3 amide bonds. The molecule has 1 aromatic heterocycles. The van der Waals surface area contributed by atoms with Gasteiger partial charge in [-0.25, -0.2) is 43.3 Å². The van der Waals surface area contributed by atoms with Crippen LogP contribution in [0.5, 0.6) is 0 Å². The predicted molar refractivity (Wildman–Crippen MR) is 136 cm³/mol. The van der Waals surface area contributed by atoms with Crippen molar-refractivity contribution in [3.8, 4) is 0 Å². The van der Waals surface area contributed by atoms with E-state index in [1.54, 1.807) is 0 Å². The third kappa shape index (κ3) is 11.1. The molecule has 17 heteroatoms. The number of carbonyl (C=O) groups is 4. The van der Waals surface area contributed by atoms with E-state index in [9.17, 15) is 49.2 Å². The number of carboxylic acids is 1. The molecule has 0 atom stereocenters. The van der Waals surface area contributed by atoms with Crippen LogP contribution in [0.1, 0.15) is 65.2 Å². The number of unbranched alkanes of at least 4 members (excludes halogenated alkanes) is 3. The number of aliphatic carboxylic acids is 1. The maximum Gasteiger partial charge on any atom is 0.336 e. The van der Waals surface area contributed by atoms with Gasteiger partial charge in [-0.05, 0) is 38.5 Å². The van der Waals surface area contributed by atoms with Crippen molar-refractivity contribution in [3.63, 3.8) is 0 Å².